The van der Waals surface area contributed by atoms with Crippen molar-refractivity contribution in [2.75, 3.05) is 6.54 Å². The third-order valence-electron chi connectivity index (χ3n) is 6.84. The van der Waals surface area contributed by atoms with Crippen LogP contribution in [0.15, 0.2) is 12.4 Å². The Bertz CT molecular complexity index is 390. The first-order valence-corrected chi connectivity index (χ1v) is 13.9. The van der Waals surface area contributed by atoms with Crippen molar-refractivity contribution in [3.63, 3.8) is 0 Å². The normalized spacial score (nSPS) is 16.4. The number of rotatable bonds is 21. The van der Waals surface area contributed by atoms with Gasteiger partial charge in [-0.25, -0.2) is 0 Å². The fourth-order valence-corrected chi connectivity index (χ4v) is 4.83. The maximum Gasteiger partial charge on any atom is 0.101 e. The molecule has 0 aliphatic carbocycles. The molecule has 0 spiro atoms. The van der Waals surface area contributed by atoms with E-state index in [0.29, 0.717) is 12.2 Å². The lowest BCUT2D eigenvalue weighted by molar-refractivity contribution is 0.114. The van der Waals surface area contributed by atoms with Crippen LogP contribution in [0.4, 0.5) is 0 Å². The number of hydrogen-bond donors (Lipinski definition) is 0. The van der Waals surface area contributed by atoms with Gasteiger partial charge in [0.1, 0.15) is 6.17 Å². The first kappa shape index (κ1) is 27.4. The van der Waals surface area contributed by atoms with Crippen LogP contribution in [0, 0.1) is 0 Å². The molecule has 1 unspecified atom stereocenters. The molecule has 0 saturated heterocycles. The lowest BCUT2D eigenvalue weighted by Crippen LogP contribution is -2.42. The quantitative estimate of drug-likeness (QED) is 0.171. The van der Waals surface area contributed by atoms with Crippen molar-refractivity contribution in [2.45, 2.75) is 162 Å². The summed E-state index contributed by atoms with van der Waals surface area (Å²) in [4.78, 5) is 5.23. The minimum atomic E-state index is 0.610. The second kappa shape index (κ2) is 19.1. The molecule has 0 aromatic rings. The van der Waals surface area contributed by atoms with Crippen LogP contribution in [0.3, 0.4) is 0 Å². The van der Waals surface area contributed by atoms with Gasteiger partial charge in [-0.1, -0.05) is 117 Å². The Morgan fingerprint density at radius 1 is 0.567 bits per heavy atom. The molecule has 1 aliphatic rings. The summed E-state index contributed by atoms with van der Waals surface area (Å²) in [6.45, 7) is 10.5. The number of hydrogen-bond acceptors (Lipinski definition) is 2. The van der Waals surface area contributed by atoms with E-state index in [2.05, 4.69) is 49.9 Å². The lowest BCUT2D eigenvalue weighted by atomic mass is 10.0. The Labute approximate surface area is 190 Å². The van der Waals surface area contributed by atoms with Crippen LogP contribution in [-0.2, 0) is 0 Å². The molecule has 178 valence electrons. The molecule has 1 atom stereocenters. The van der Waals surface area contributed by atoms with E-state index in [1.807, 2.05) is 0 Å². The van der Waals surface area contributed by atoms with Crippen molar-refractivity contribution < 1.29 is 0 Å². The summed E-state index contributed by atoms with van der Waals surface area (Å²) in [5.41, 5.74) is 0. The van der Waals surface area contributed by atoms with Gasteiger partial charge in [0, 0.05) is 25.0 Å². The highest BCUT2D eigenvalue weighted by atomic mass is 15.4. The number of nitrogens with zero attached hydrogens (tertiary/aromatic N) is 2. The molecular weight excluding hydrogens is 364 g/mol. The van der Waals surface area contributed by atoms with Gasteiger partial charge in [0.15, 0.2) is 0 Å². The Hall–Kier alpha value is -0.660. The van der Waals surface area contributed by atoms with Gasteiger partial charge in [-0.05, 0) is 33.1 Å². The molecule has 0 saturated carbocycles. The van der Waals surface area contributed by atoms with Gasteiger partial charge in [0.2, 0.25) is 0 Å². The summed E-state index contributed by atoms with van der Waals surface area (Å²) in [7, 11) is 0. The van der Waals surface area contributed by atoms with Crippen molar-refractivity contribution in [1.82, 2.24) is 9.80 Å². The topological polar surface area (TPSA) is 6.48 Å². The largest absolute Gasteiger partial charge is 0.356 e. The monoisotopic (exact) mass is 420 g/mol. The molecule has 0 amide bonds. The molecule has 1 rings (SSSR count). The second-order valence-corrected chi connectivity index (χ2v) is 10.0. The average Bonchev–Trinajstić information content (AvgIpc) is 3.14. The summed E-state index contributed by atoms with van der Waals surface area (Å²) in [5, 5.41) is 0. The van der Waals surface area contributed by atoms with E-state index in [1.54, 1.807) is 0 Å². The fraction of sp³-hybridized carbons (Fsp3) is 0.929. The van der Waals surface area contributed by atoms with Crippen LogP contribution in [0.1, 0.15) is 150 Å². The molecular formula is C28H56N2. The molecule has 1 heterocycles. The highest BCUT2D eigenvalue weighted by Crippen LogP contribution is 2.24. The third kappa shape index (κ3) is 12.9. The molecule has 2 heteroatoms. The van der Waals surface area contributed by atoms with Crippen LogP contribution < -0.4 is 0 Å². The minimum Gasteiger partial charge on any atom is -0.356 e. The predicted molar refractivity (Wildman–Crippen MR) is 136 cm³/mol. The highest BCUT2D eigenvalue weighted by molar-refractivity contribution is 4.98. The maximum absolute atomic E-state index is 2.64. The van der Waals surface area contributed by atoms with Crippen molar-refractivity contribution >= 4 is 0 Å². The van der Waals surface area contributed by atoms with E-state index in [9.17, 15) is 0 Å². The zero-order valence-corrected chi connectivity index (χ0v) is 21.3. The average molecular weight is 421 g/mol. The van der Waals surface area contributed by atoms with Crippen LogP contribution in [0.25, 0.3) is 0 Å². The second-order valence-electron chi connectivity index (χ2n) is 10.0. The van der Waals surface area contributed by atoms with Gasteiger partial charge in [-0.2, -0.15) is 0 Å². The van der Waals surface area contributed by atoms with Crippen molar-refractivity contribution in [3.8, 4) is 0 Å². The molecule has 1 aliphatic heterocycles. The lowest BCUT2D eigenvalue weighted by Gasteiger charge is -2.35. The zero-order chi connectivity index (χ0) is 21.9. The summed E-state index contributed by atoms with van der Waals surface area (Å²) < 4.78 is 0. The highest BCUT2D eigenvalue weighted by Gasteiger charge is 2.26. The van der Waals surface area contributed by atoms with E-state index >= 15 is 0 Å². The maximum atomic E-state index is 2.64. The molecule has 0 aromatic heterocycles. The van der Waals surface area contributed by atoms with Crippen molar-refractivity contribution in [3.05, 3.63) is 12.4 Å². The van der Waals surface area contributed by atoms with E-state index < -0.39 is 0 Å². The SMILES string of the molecule is CCCCCCCCCCCCCCN1C=CN(C(C)C)C1CCCCCCCC. The smallest absolute Gasteiger partial charge is 0.101 e. The van der Waals surface area contributed by atoms with E-state index in [-0.39, 0.29) is 0 Å². The predicted octanol–water partition coefficient (Wildman–Crippen LogP) is 9.26. The summed E-state index contributed by atoms with van der Waals surface area (Å²) in [6.07, 6.45) is 32.3. The van der Waals surface area contributed by atoms with E-state index in [4.69, 9.17) is 0 Å². The standard InChI is InChI=1S/C28H56N2/c1-5-7-9-11-13-14-15-16-17-18-20-22-24-29-25-26-30(27(3)4)28(29)23-21-19-12-10-8-6-2/h25-28H,5-24H2,1-4H3. The summed E-state index contributed by atoms with van der Waals surface area (Å²) >= 11 is 0. The summed E-state index contributed by atoms with van der Waals surface area (Å²) in [5.74, 6) is 0. The first-order chi connectivity index (χ1) is 14.7. The van der Waals surface area contributed by atoms with Crippen LogP contribution in [0.2, 0.25) is 0 Å². The van der Waals surface area contributed by atoms with Gasteiger partial charge in [-0.3, -0.25) is 0 Å². The Morgan fingerprint density at radius 2 is 1.00 bits per heavy atom. The zero-order valence-electron chi connectivity index (χ0n) is 21.3. The van der Waals surface area contributed by atoms with Crippen LogP contribution in [-0.4, -0.2) is 28.6 Å². The number of unbranched alkanes of at least 4 members (excludes halogenated alkanes) is 16. The van der Waals surface area contributed by atoms with Crippen LogP contribution in [0.5, 0.6) is 0 Å². The fourth-order valence-electron chi connectivity index (χ4n) is 4.83. The minimum absolute atomic E-state index is 0.610. The molecule has 2 nitrogen and oxygen atoms in total. The molecule has 0 aromatic carbocycles. The van der Waals surface area contributed by atoms with Gasteiger partial charge < -0.3 is 9.80 Å². The van der Waals surface area contributed by atoms with Crippen LogP contribution >= 0.6 is 0 Å². The molecule has 0 N–H and O–H groups in total. The van der Waals surface area contributed by atoms with Crippen molar-refractivity contribution in [2.24, 2.45) is 0 Å². The summed E-state index contributed by atoms with van der Waals surface area (Å²) in [6, 6.07) is 0.610. The van der Waals surface area contributed by atoms with E-state index in [0.717, 1.165) is 0 Å². The molecule has 30 heavy (non-hydrogen) atoms. The molecule has 0 bridgehead atoms. The van der Waals surface area contributed by atoms with Gasteiger partial charge in [-0.15, -0.1) is 0 Å². The third-order valence-corrected chi connectivity index (χ3v) is 6.84. The van der Waals surface area contributed by atoms with Gasteiger partial charge in [0.05, 0.1) is 0 Å². The van der Waals surface area contributed by atoms with Gasteiger partial charge in [0.25, 0.3) is 0 Å². The molecule has 0 fully saturated rings. The van der Waals surface area contributed by atoms with Gasteiger partial charge >= 0.3 is 0 Å². The Kier molecular flexibility index (Phi) is 17.4. The van der Waals surface area contributed by atoms with E-state index in [1.165, 1.54) is 129 Å². The first-order valence-electron chi connectivity index (χ1n) is 13.9. The Morgan fingerprint density at radius 3 is 1.47 bits per heavy atom. The Balaban J connectivity index is 2.08. The molecule has 0 radical (unpaired) electrons. The van der Waals surface area contributed by atoms with Crippen molar-refractivity contribution in [1.29, 1.82) is 0 Å².